The van der Waals surface area contributed by atoms with Crippen molar-refractivity contribution >= 4 is 12.1 Å². The van der Waals surface area contributed by atoms with E-state index in [4.69, 9.17) is 0 Å². The van der Waals surface area contributed by atoms with E-state index in [-0.39, 0.29) is 36.2 Å². The second kappa shape index (κ2) is 11.2. The Balaban J connectivity index is 2.26. The van der Waals surface area contributed by atoms with Crippen LogP contribution in [-0.4, -0.2) is 36.2 Å². The van der Waals surface area contributed by atoms with Gasteiger partial charge in [0.15, 0.2) is 0 Å². The maximum absolute atomic E-state index is 12.0. The van der Waals surface area contributed by atoms with Crippen LogP contribution in [0.4, 0.5) is 9.59 Å². The zero-order chi connectivity index (χ0) is 17.9. The van der Waals surface area contributed by atoms with Gasteiger partial charge in [-0.3, -0.25) is 0 Å². The van der Waals surface area contributed by atoms with Gasteiger partial charge in [0.25, 0.3) is 0 Å². The molecule has 0 aromatic carbocycles. The second-order valence-electron chi connectivity index (χ2n) is 6.81. The van der Waals surface area contributed by atoms with Crippen LogP contribution in [-0.2, 0) is 0 Å². The van der Waals surface area contributed by atoms with Gasteiger partial charge in [0, 0.05) is 24.2 Å². The van der Waals surface area contributed by atoms with Crippen LogP contribution >= 0.6 is 0 Å². The van der Waals surface area contributed by atoms with Crippen molar-refractivity contribution in [2.24, 2.45) is 0 Å². The highest BCUT2D eigenvalue weighted by molar-refractivity contribution is 5.75. The lowest BCUT2D eigenvalue weighted by molar-refractivity contribution is 0.217. The van der Waals surface area contributed by atoms with E-state index >= 15 is 0 Å². The summed E-state index contributed by atoms with van der Waals surface area (Å²) in [6.45, 7) is 8.33. The van der Waals surface area contributed by atoms with Crippen molar-refractivity contribution in [2.75, 3.05) is 0 Å². The number of hydrogen-bond acceptors (Lipinski definition) is 2. The highest BCUT2D eigenvalue weighted by atomic mass is 16.2. The summed E-state index contributed by atoms with van der Waals surface area (Å²) >= 11 is 0. The number of amides is 4. The molecule has 0 spiro atoms. The van der Waals surface area contributed by atoms with Crippen LogP contribution in [0.2, 0.25) is 0 Å². The first kappa shape index (κ1) is 20.6. The lowest BCUT2D eigenvalue weighted by Gasteiger charge is -2.30. The summed E-state index contributed by atoms with van der Waals surface area (Å²) in [5.41, 5.74) is 0. The number of nitrogens with one attached hydrogen (secondary N) is 4. The minimum Gasteiger partial charge on any atom is -0.335 e. The summed E-state index contributed by atoms with van der Waals surface area (Å²) in [7, 11) is 0. The summed E-state index contributed by atoms with van der Waals surface area (Å²) in [5, 5.41) is 12.2. The summed E-state index contributed by atoms with van der Waals surface area (Å²) in [4.78, 5) is 24.0. The zero-order valence-corrected chi connectivity index (χ0v) is 15.8. The molecule has 0 atom stereocenters. The lowest BCUT2D eigenvalue weighted by Crippen LogP contribution is -2.50. The minimum atomic E-state index is -0.0633. The van der Waals surface area contributed by atoms with E-state index in [2.05, 4.69) is 49.0 Å². The van der Waals surface area contributed by atoms with Crippen molar-refractivity contribution in [3.05, 3.63) is 0 Å². The molecule has 4 N–H and O–H groups in total. The molecular weight excluding hydrogens is 304 g/mol. The van der Waals surface area contributed by atoms with Crippen molar-refractivity contribution in [3.63, 3.8) is 0 Å². The average molecular weight is 341 g/mol. The number of carbonyl (C=O) groups excluding carboxylic acids is 2. The Kier molecular flexibility index (Phi) is 9.57. The molecule has 0 aromatic heterocycles. The molecule has 24 heavy (non-hydrogen) atoms. The second-order valence-corrected chi connectivity index (χ2v) is 6.81. The maximum Gasteiger partial charge on any atom is 0.315 e. The summed E-state index contributed by atoms with van der Waals surface area (Å²) in [6, 6.07) is 0.783. The van der Waals surface area contributed by atoms with E-state index in [1.807, 2.05) is 0 Å². The van der Waals surface area contributed by atoms with E-state index in [1.54, 1.807) is 0 Å². The Morgan fingerprint density at radius 1 is 0.708 bits per heavy atom. The molecule has 0 bridgehead atoms. The smallest absolute Gasteiger partial charge is 0.315 e. The number of urea groups is 2. The Labute approximate surface area is 146 Å². The number of rotatable bonds is 8. The van der Waals surface area contributed by atoms with E-state index in [1.165, 1.54) is 0 Å². The Hall–Kier alpha value is -1.46. The summed E-state index contributed by atoms with van der Waals surface area (Å²) in [6.07, 6.45) is 7.44. The molecule has 0 aliphatic heterocycles. The molecule has 6 nitrogen and oxygen atoms in total. The van der Waals surface area contributed by atoms with E-state index in [9.17, 15) is 9.59 Å². The average Bonchev–Trinajstić information content (AvgIpc) is 2.59. The van der Waals surface area contributed by atoms with Gasteiger partial charge in [-0.25, -0.2) is 9.59 Å². The fourth-order valence-corrected chi connectivity index (χ4v) is 3.19. The summed E-state index contributed by atoms with van der Waals surface area (Å²) < 4.78 is 0. The summed E-state index contributed by atoms with van der Waals surface area (Å²) in [5.74, 6) is 0. The third kappa shape index (κ3) is 7.41. The van der Waals surface area contributed by atoms with E-state index in [0.29, 0.717) is 0 Å². The lowest BCUT2D eigenvalue weighted by atomic mass is 9.91. The largest absolute Gasteiger partial charge is 0.335 e. The van der Waals surface area contributed by atoms with Crippen molar-refractivity contribution in [3.8, 4) is 0 Å². The molecule has 0 radical (unpaired) electrons. The van der Waals surface area contributed by atoms with Crippen LogP contribution in [0.15, 0.2) is 0 Å². The Bertz CT molecular complexity index is 337. The van der Waals surface area contributed by atoms with Crippen molar-refractivity contribution in [2.45, 2.75) is 103 Å². The van der Waals surface area contributed by atoms with Gasteiger partial charge in [-0.1, -0.05) is 27.7 Å². The number of hydrogen-bond donors (Lipinski definition) is 4. The van der Waals surface area contributed by atoms with Gasteiger partial charge in [-0.15, -0.1) is 0 Å². The maximum atomic E-state index is 12.0. The fraction of sp³-hybridized carbons (Fsp3) is 0.889. The van der Waals surface area contributed by atoms with Gasteiger partial charge in [0.05, 0.1) is 0 Å². The SMILES string of the molecule is CCC(CC)NC(=O)N[C@H]1CC[C@H](NC(=O)NC(CC)CC)CC1. The molecule has 0 saturated heterocycles. The minimum absolute atomic E-state index is 0.0633. The van der Waals surface area contributed by atoms with Crippen molar-refractivity contribution in [1.29, 1.82) is 0 Å². The van der Waals surface area contributed by atoms with Gasteiger partial charge in [-0.05, 0) is 51.4 Å². The highest BCUT2D eigenvalue weighted by Crippen LogP contribution is 2.18. The molecule has 1 saturated carbocycles. The normalized spacial score (nSPS) is 20.8. The molecule has 0 unspecified atom stereocenters. The van der Waals surface area contributed by atoms with Gasteiger partial charge >= 0.3 is 12.1 Å². The third-order valence-electron chi connectivity index (χ3n) is 5.04. The van der Waals surface area contributed by atoms with E-state index in [0.717, 1.165) is 51.4 Å². The van der Waals surface area contributed by atoms with Crippen LogP contribution in [0.3, 0.4) is 0 Å². The number of carbonyl (C=O) groups is 2. The fourth-order valence-electron chi connectivity index (χ4n) is 3.19. The quantitative estimate of drug-likeness (QED) is 0.547. The van der Waals surface area contributed by atoms with Gasteiger partial charge < -0.3 is 21.3 Å². The molecule has 140 valence electrons. The standard InChI is InChI=1S/C18H36N4O2/c1-5-13(6-2)19-17(23)21-15-9-11-16(12-10-15)22-18(24)20-14(7-3)8-4/h13-16H,5-12H2,1-4H3,(H2,19,21,23)(H2,20,22,24)/t15-,16-. The molecule has 0 aromatic rings. The first-order chi connectivity index (χ1) is 11.5. The molecule has 1 aliphatic rings. The molecule has 4 amide bonds. The highest BCUT2D eigenvalue weighted by Gasteiger charge is 2.24. The van der Waals surface area contributed by atoms with Gasteiger partial charge in [0.1, 0.15) is 0 Å². The van der Waals surface area contributed by atoms with Crippen LogP contribution in [0, 0.1) is 0 Å². The van der Waals surface area contributed by atoms with Gasteiger partial charge in [-0.2, -0.15) is 0 Å². The molecule has 6 heteroatoms. The van der Waals surface area contributed by atoms with E-state index < -0.39 is 0 Å². The Morgan fingerprint density at radius 3 is 1.25 bits per heavy atom. The first-order valence-corrected chi connectivity index (χ1v) is 9.66. The molecule has 0 heterocycles. The third-order valence-corrected chi connectivity index (χ3v) is 5.04. The topological polar surface area (TPSA) is 82.3 Å². The monoisotopic (exact) mass is 340 g/mol. The van der Waals surface area contributed by atoms with Crippen molar-refractivity contribution < 1.29 is 9.59 Å². The Morgan fingerprint density at radius 2 is 1.00 bits per heavy atom. The van der Waals surface area contributed by atoms with Crippen LogP contribution in [0.25, 0.3) is 0 Å². The predicted molar refractivity (Wildman–Crippen MR) is 98.1 cm³/mol. The first-order valence-electron chi connectivity index (χ1n) is 9.66. The van der Waals surface area contributed by atoms with Gasteiger partial charge in [0.2, 0.25) is 0 Å². The zero-order valence-electron chi connectivity index (χ0n) is 15.8. The predicted octanol–water partition coefficient (Wildman–Crippen LogP) is 3.27. The van der Waals surface area contributed by atoms with Crippen LogP contribution in [0.5, 0.6) is 0 Å². The molecule has 1 fully saturated rings. The van der Waals surface area contributed by atoms with Crippen LogP contribution in [0.1, 0.15) is 79.1 Å². The van der Waals surface area contributed by atoms with Crippen LogP contribution < -0.4 is 21.3 Å². The molecule has 1 aliphatic carbocycles. The van der Waals surface area contributed by atoms with Crippen molar-refractivity contribution in [1.82, 2.24) is 21.3 Å². The molecule has 1 rings (SSSR count). The molecular formula is C18H36N4O2.